The van der Waals surface area contributed by atoms with Gasteiger partial charge in [-0.25, -0.2) is 0 Å². The number of rotatable bonds is 1. The summed E-state index contributed by atoms with van der Waals surface area (Å²) in [6, 6.07) is 6.59. The van der Waals surface area contributed by atoms with Gasteiger partial charge < -0.3 is 4.74 Å². The first kappa shape index (κ1) is 10.5. The summed E-state index contributed by atoms with van der Waals surface area (Å²) >= 11 is 0. The van der Waals surface area contributed by atoms with Gasteiger partial charge in [0.05, 0.1) is 0 Å². The first-order valence-electron chi connectivity index (χ1n) is 4.71. The maximum Gasteiger partial charge on any atom is 0.421 e. The van der Waals surface area contributed by atoms with Crippen LogP contribution >= 0.6 is 0 Å². The molecule has 1 aliphatic rings. The van der Waals surface area contributed by atoms with Crippen molar-refractivity contribution >= 4 is 0 Å². The van der Waals surface area contributed by atoms with E-state index in [0.717, 1.165) is 12.7 Å². The molecule has 82 valence electrons. The Morgan fingerprint density at radius 3 is 2.53 bits per heavy atom. The second-order valence-electron chi connectivity index (χ2n) is 3.69. The van der Waals surface area contributed by atoms with Crippen LogP contribution in [0.25, 0.3) is 0 Å². The third kappa shape index (κ3) is 1.35. The minimum atomic E-state index is -4.35. The number of aryl methyl sites for hydroxylation is 1. The standard InChI is InChI=1S/C11H11F3O/c1-15-10(11(12,13)14)7-6-8-4-2-3-5-9(8)10/h2-5H,6-7H2,1H3. The Morgan fingerprint density at radius 1 is 1.27 bits per heavy atom. The minimum Gasteiger partial charge on any atom is -0.364 e. The Bertz CT molecular complexity index is 372. The highest BCUT2D eigenvalue weighted by atomic mass is 19.4. The minimum absolute atomic E-state index is 0.0215. The Labute approximate surface area is 85.9 Å². The molecule has 0 heterocycles. The van der Waals surface area contributed by atoms with Crippen LogP contribution in [0.3, 0.4) is 0 Å². The summed E-state index contributed by atoms with van der Waals surface area (Å²) in [5, 5.41) is 0. The molecule has 0 spiro atoms. The third-order valence-electron chi connectivity index (χ3n) is 3.01. The summed E-state index contributed by atoms with van der Waals surface area (Å²) in [6.07, 6.45) is -3.95. The predicted molar refractivity (Wildman–Crippen MR) is 49.5 cm³/mol. The molecule has 0 saturated heterocycles. The molecule has 15 heavy (non-hydrogen) atoms. The largest absolute Gasteiger partial charge is 0.421 e. The fourth-order valence-corrected chi connectivity index (χ4v) is 2.20. The van der Waals surface area contributed by atoms with Crippen LogP contribution in [0.15, 0.2) is 24.3 Å². The summed E-state index contributed by atoms with van der Waals surface area (Å²) in [7, 11) is 1.12. The molecular formula is C11H11F3O. The van der Waals surface area contributed by atoms with Crippen molar-refractivity contribution in [2.24, 2.45) is 0 Å². The van der Waals surface area contributed by atoms with E-state index in [1.165, 1.54) is 6.07 Å². The number of halogens is 3. The Morgan fingerprint density at radius 2 is 1.93 bits per heavy atom. The van der Waals surface area contributed by atoms with Crippen molar-refractivity contribution in [3.05, 3.63) is 35.4 Å². The van der Waals surface area contributed by atoms with E-state index >= 15 is 0 Å². The fraction of sp³-hybridized carbons (Fsp3) is 0.455. The lowest BCUT2D eigenvalue weighted by Gasteiger charge is -2.31. The number of hydrogen-bond acceptors (Lipinski definition) is 1. The molecule has 0 saturated carbocycles. The van der Waals surface area contributed by atoms with Crippen molar-refractivity contribution in [2.75, 3.05) is 7.11 Å². The molecule has 0 fully saturated rings. The summed E-state index contributed by atoms with van der Waals surface area (Å²) in [6.45, 7) is 0. The molecule has 1 aromatic rings. The van der Waals surface area contributed by atoms with Gasteiger partial charge >= 0.3 is 6.18 Å². The summed E-state index contributed by atoms with van der Waals surface area (Å²) in [5.41, 5.74) is -1.10. The van der Waals surface area contributed by atoms with E-state index in [-0.39, 0.29) is 12.0 Å². The van der Waals surface area contributed by atoms with Gasteiger partial charge in [0.25, 0.3) is 0 Å². The van der Waals surface area contributed by atoms with Crippen molar-refractivity contribution in [2.45, 2.75) is 24.6 Å². The number of fused-ring (bicyclic) bond motifs is 1. The van der Waals surface area contributed by atoms with Crippen molar-refractivity contribution in [1.82, 2.24) is 0 Å². The van der Waals surface area contributed by atoms with Crippen LogP contribution in [0.2, 0.25) is 0 Å². The highest BCUT2D eigenvalue weighted by Crippen LogP contribution is 2.50. The van der Waals surface area contributed by atoms with E-state index < -0.39 is 11.8 Å². The van der Waals surface area contributed by atoms with Gasteiger partial charge in [0, 0.05) is 7.11 Å². The highest BCUT2D eigenvalue weighted by Gasteiger charge is 2.59. The van der Waals surface area contributed by atoms with Crippen LogP contribution in [-0.4, -0.2) is 13.3 Å². The van der Waals surface area contributed by atoms with Crippen LogP contribution in [-0.2, 0) is 16.8 Å². The first-order valence-corrected chi connectivity index (χ1v) is 4.71. The Balaban J connectivity index is 2.56. The molecule has 0 bridgehead atoms. The van der Waals surface area contributed by atoms with Crippen LogP contribution in [0.1, 0.15) is 17.5 Å². The van der Waals surface area contributed by atoms with Crippen molar-refractivity contribution in [3.8, 4) is 0 Å². The van der Waals surface area contributed by atoms with Gasteiger partial charge in [-0.15, -0.1) is 0 Å². The maximum atomic E-state index is 13.0. The maximum absolute atomic E-state index is 13.0. The number of hydrogen-bond donors (Lipinski definition) is 0. The molecule has 1 unspecified atom stereocenters. The predicted octanol–water partition coefficient (Wildman–Crippen LogP) is 3.04. The van der Waals surface area contributed by atoms with Crippen LogP contribution in [0, 0.1) is 0 Å². The quantitative estimate of drug-likeness (QED) is 0.701. The lowest BCUT2D eigenvalue weighted by atomic mass is 9.95. The average Bonchev–Trinajstić information content (AvgIpc) is 2.56. The number of alkyl halides is 3. The molecule has 1 nitrogen and oxygen atoms in total. The average molecular weight is 216 g/mol. The van der Waals surface area contributed by atoms with Gasteiger partial charge in [0.1, 0.15) is 0 Å². The zero-order chi connectivity index (χ0) is 11.1. The van der Waals surface area contributed by atoms with Crippen molar-refractivity contribution < 1.29 is 17.9 Å². The van der Waals surface area contributed by atoms with Gasteiger partial charge in [-0.3, -0.25) is 0 Å². The molecule has 4 heteroatoms. The van der Waals surface area contributed by atoms with Crippen molar-refractivity contribution in [1.29, 1.82) is 0 Å². The highest BCUT2D eigenvalue weighted by molar-refractivity contribution is 5.38. The molecular weight excluding hydrogens is 205 g/mol. The van der Waals surface area contributed by atoms with E-state index in [9.17, 15) is 13.2 Å². The zero-order valence-electron chi connectivity index (χ0n) is 8.27. The van der Waals surface area contributed by atoms with Crippen LogP contribution < -0.4 is 0 Å². The molecule has 1 atom stereocenters. The van der Waals surface area contributed by atoms with Crippen LogP contribution in [0.4, 0.5) is 13.2 Å². The van der Waals surface area contributed by atoms with Crippen LogP contribution in [0.5, 0.6) is 0 Å². The van der Waals surface area contributed by atoms with Gasteiger partial charge in [-0.2, -0.15) is 13.2 Å². The van der Waals surface area contributed by atoms with E-state index in [2.05, 4.69) is 0 Å². The van der Waals surface area contributed by atoms with E-state index in [4.69, 9.17) is 4.74 Å². The normalized spacial score (nSPS) is 25.3. The van der Waals surface area contributed by atoms with E-state index in [1.807, 2.05) is 0 Å². The van der Waals surface area contributed by atoms with Gasteiger partial charge in [-0.05, 0) is 24.0 Å². The smallest absolute Gasteiger partial charge is 0.364 e. The molecule has 0 aliphatic heterocycles. The molecule has 1 aliphatic carbocycles. The topological polar surface area (TPSA) is 9.23 Å². The lowest BCUT2D eigenvalue weighted by molar-refractivity contribution is -0.275. The third-order valence-corrected chi connectivity index (χ3v) is 3.01. The first-order chi connectivity index (χ1) is 7.01. The Kier molecular flexibility index (Phi) is 2.26. The van der Waals surface area contributed by atoms with E-state index in [1.54, 1.807) is 18.2 Å². The van der Waals surface area contributed by atoms with Crippen molar-refractivity contribution in [3.63, 3.8) is 0 Å². The molecule has 2 rings (SSSR count). The molecule has 0 amide bonds. The molecule has 0 radical (unpaired) electrons. The molecule has 0 aromatic heterocycles. The second-order valence-corrected chi connectivity index (χ2v) is 3.69. The summed E-state index contributed by atoms with van der Waals surface area (Å²) in [4.78, 5) is 0. The van der Waals surface area contributed by atoms with Gasteiger partial charge in [0.15, 0.2) is 5.60 Å². The number of methoxy groups -OCH3 is 1. The second kappa shape index (κ2) is 3.23. The molecule has 0 N–H and O–H groups in total. The lowest BCUT2D eigenvalue weighted by Crippen LogP contribution is -2.42. The molecule has 1 aromatic carbocycles. The fourth-order valence-electron chi connectivity index (χ4n) is 2.20. The SMILES string of the molecule is COC1(C(F)(F)F)CCc2ccccc21. The number of benzene rings is 1. The summed E-state index contributed by atoms with van der Waals surface area (Å²) < 4.78 is 43.7. The van der Waals surface area contributed by atoms with Gasteiger partial charge in [0.2, 0.25) is 0 Å². The summed E-state index contributed by atoms with van der Waals surface area (Å²) in [5.74, 6) is 0. The number of ether oxygens (including phenoxy) is 1. The van der Waals surface area contributed by atoms with Gasteiger partial charge in [-0.1, -0.05) is 24.3 Å². The zero-order valence-corrected chi connectivity index (χ0v) is 8.27. The Hall–Kier alpha value is -1.03. The monoisotopic (exact) mass is 216 g/mol. The van der Waals surface area contributed by atoms with E-state index in [0.29, 0.717) is 6.42 Å².